The quantitative estimate of drug-likeness (QED) is 0.662. The van der Waals surface area contributed by atoms with E-state index in [1.165, 1.54) is 0 Å². The number of carbonyl (C=O) groups is 1. The molecule has 0 atom stereocenters. The van der Waals surface area contributed by atoms with Crippen LogP contribution in [0, 0.1) is 0 Å². The van der Waals surface area contributed by atoms with Crippen LogP contribution < -0.4 is 4.74 Å². The molecule has 0 aliphatic heterocycles. The molecule has 0 amide bonds. The molecule has 2 aromatic carbocycles. The van der Waals surface area contributed by atoms with Gasteiger partial charge in [-0.15, -0.1) is 0 Å². The summed E-state index contributed by atoms with van der Waals surface area (Å²) in [5.41, 5.74) is 0.440. The van der Waals surface area contributed by atoms with E-state index in [0.29, 0.717) is 17.2 Å². The third-order valence-electron chi connectivity index (χ3n) is 2.88. The number of hydrogen-bond donors (Lipinski definition) is 0. The Morgan fingerprint density at radius 2 is 1.79 bits per heavy atom. The van der Waals surface area contributed by atoms with E-state index in [9.17, 15) is 4.79 Å². The summed E-state index contributed by atoms with van der Waals surface area (Å²) in [6.07, 6.45) is 2.35. The number of rotatable bonds is 3. The Balaban J connectivity index is 2.08. The molecule has 0 spiro atoms. The molecule has 0 bridgehead atoms. The molecule has 1 aromatic heterocycles. The highest BCUT2D eigenvalue weighted by Crippen LogP contribution is 2.29. The van der Waals surface area contributed by atoms with Crippen LogP contribution in [-0.4, -0.2) is 11.3 Å². The van der Waals surface area contributed by atoms with Gasteiger partial charge >= 0.3 is 0 Å². The predicted octanol–water partition coefficient (Wildman–Crippen LogP) is 3.84. The maximum Gasteiger partial charge on any atom is 0.229 e. The van der Waals surface area contributed by atoms with Crippen molar-refractivity contribution in [3.63, 3.8) is 0 Å². The summed E-state index contributed by atoms with van der Waals surface area (Å²) in [5.74, 6) is 1.02. The van der Waals surface area contributed by atoms with E-state index >= 15 is 0 Å². The van der Waals surface area contributed by atoms with E-state index in [1.54, 1.807) is 18.3 Å². The molecule has 3 rings (SSSR count). The average molecular weight is 249 g/mol. The highest BCUT2D eigenvalue weighted by atomic mass is 16.5. The fourth-order valence-electron chi connectivity index (χ4n) is 1.97. The summed E-state index contributed by atoms with van der Waals surface area (Å²) in [6.45, 7) is 0. The van der Waals surface area contributed by atoms with Gasteiger partial charge in [-0.2, -0.15) is 0 Å². The fraction of sp³-hybridized carbons (Fsp3) is 0. The van der Waals surface area contributed by atoms with Gasteiger partial charge in [0, 0.05) is 11.6 Å². The molecule has 0 fully saturated rings. The molecule has 0 aliphatic carbocycles. The minimum Gasteiger partial charge on any atom is -0.438 e. The van der Waals surface area contributed by atoms with E-state index < -0.39 is 0 Å². The number of fused-ring (bicyclic) bond motifs is 1. The zero-order chi connectivity index (χ0) is 13.1. The molecule has 0 aliphatic rings. The lowest BCUT2D eigenvalue weighted by molar-refractivity contribution is 0.112. The van der Waals surface area contributed by atoms with E-state index in [0.717, 1.165) is 17.1 Å². The highest BCUT2D eigenvalue weighted by molar-refractivity contribution is 5.88. The number of aromatic nitrogens is 1. The zero-order valence-corrected chi connectivity index (χ0v) is 10.1. The Labute approximate surface area is 110 Å². The van der Waals surface area contributed by atoms with Crippen molar-refractivity contribution < 1.29 is 9.53 Å². The third kappa shape index (κ3) is 2.18. The number of pyridine rings is 1. The van der Waals surface area contributed by atoms with Crippen LogP contribution in [0.2, 0.25) is 0 Å². The SMILES string of the molecule is O=Cc1cccnc1Oc1cccc2ccccc12. The summed E-state index contributed by atoms with van der Waals surface area (Å²) >= 11 is 0. The van der Waals surface area contributed by atoms with Crippen molar-refractivity contribution in [1.29, 1.82) is 0 Å². The molecule has 0 radical (unpaired) electrons. The molecule has 3 heteroatoms. The second kappa shape index (κ2) is 4.90. The molecular weight excluding hydrogens is 238 g/mol. The summed E-state index contributed by atoms with van der Waals surface area (Å²) in [6, 6.07) is 17.1. The second-order valence-corrected chi connectivity index (χ2v) is 4.09. The molecule has 0 N–H and O–H groups in total. The summed E-state index contributed by atoms with van der Waals surface area (Å²) < 4.78 is 5.77. The normalized spacial score (nSPS) is 10.3. The number of hydrogen-bond acceptors (Lipinski definition) is 3. The Kier molecular flexibility index (Phi) is 2.94. The van der Waals surface area contributed by atoms with Gasteiger partial charge < -0.3 is 4.74 Å². The minimum atomic E-state index is 0.328. The molecule has 1 heterocycles. The van der Waals surface area contributed by atoms with Gasteiger partial charge in [-0.25, -0.2) is 4.98 Å². The second-order valence-electron chi connectivity index (χ2n) is 4.09. The largest absolute Gasteiger partial charge is 0.438 e. The van der Waals surface area contributed by atoms with Crippen LogP contribution in [0.3, 0.4) is 0 Å². The smallest absolute Gasteiger partial charge is 0.229 e. The number of benzene rings is 2. The third-order valence-corrected chi connectivity index (χ3v) is 2.88. The van der Waals surface area contributed by atoms with Gasteiger partial charge in [-0.05, 0) is 23.6 Å². The Morgan fingerprint density at radius 1 is 0.947 bits per heavy atom. The molecular formula is C16H11NO2. The van der Waals surface area contributed by atoms with Crippen molar-refractivity contribution in [3.8, 4) is 11.6 Å². The number of nitrogens with zero attached hydrogens (tertiary/aromatic N) is 1. The van der Waals surface area contributed by atoms with Crippen LogP contribution in [-0.2, 0) is 0 Å². The molecule has 92 valence electrons. The summed E-state index contributed by atoms with van der Waals surface area (Å²) in [5, 5.41) is 2.08. The maximum absolute atomic E-state index is 11.0. The van der Waals surface area contributed by atoms with Crippen molar-refractivity contribution in [2.45, 2.75) is 0 Å². The number of carbonyl (C=O) groups excluding carboxylic acids is 1. The molecule has 0 saturated heterocycles. The first-order valence-electron chi connectivity index (χ1n) is 5.94. The monoisotopic (exact) mass is 249 g/mol. The van der Waals surface area contributed by atoms with Gasteiger partial charge in [0.25, 0.3) is 0 Å². The maximum atomic E-state index is 11.0. The first-order chi connectivity index (χ1) is 9.38. The van der Waals surface area contributed by atoms with Crippen molar-refractivity contribution in [1.82, 2.24) is 4.98 Å². The lowest BCUT2D eigenvalue weighted by atomic mass is 10.1. The van der Waals surface area contributed by atoms with E-state index in [-0.39, 0.29) is 0 Å². The summed E-state index contributed by atoms with van der Waals surface area (Å²) in [4.78, 5) is 15.1. The number of aldehydes is 1. The van der Waals surface area contributed by atoms with Crippen LogP contribution in [0.15, 0.2) is 60.8 Å². The predicted molar refractivity (Wildman–Crippen MR) is 73.6 cm³/mol. The van der Waals surface area contributed by atoms with Crippen molar-refractivity contribution in [2.75, 3.05) is 0 Å². The van der Waals surface area contributed by atoms with E-state index in [4.69, 9.17) is 4.74 Å². The molecule has 3 nitrogen and oxygen atoms in total. The van der Waals surface area contributed by atoms with Crippen LogP contribution in [0.1, 0.15) is 10.4 Å². The van der Waals surface area contributed by atoms with Gasteiger partial charge in [0.15, 0.2) is 6.29 Å². The first-order valence-corrected chi connectivity index (χ1v) is 5.94. The Bertz CT molecular complexity index is 732. The summed E-state index contributed by atoms with van der Waals surface area (Å²) in [7, 11) is 0. The average Bonchev–Trinajstić information content (AvgIpc) is 2.48. The molecule has 0 saturated carbocycles. The van der Waals surface area contributed by atoms with E-state index in [1.807, 2.05) is 42.5 Å². The fourth-order valence-corrected chi connectivity index (χ4v) is 1.97. The first kappa shape index (κ1) is 11.4. The Morgan fingerprint density at radius 3 is 2.68 bits per heavy atom. The van der Waals surface area contributed by atoms with Crippen molar-refractivity contribution in [2.24, 2.45) is 0 Å². The van der Waals surface area contributed by atoms with Crippen LogP contribution in [0.5, 0.6) is 11.6 Å². The lowest BCUT2D eigenvalue weighted by Gasteiger charge is -2.09. The van der Waals surface area contributed by atoms with Crippen LogP contribution in [0.4, 0.5) is 0 Å². The number of ether oxygens (including phenoxy) is 1. The van der Waals surface area contributed by atoms with Crippen molar-refractivity contribution >= 4 is 17.1 Å². The van der Waals surface area contributed by atoms with Gasteiger partial charge in [0.05, 0.1) is 5.56 Å². The van der Waals surface area contributed by atoms with Crippen LogP contribution >= 0.6 is 0 Å². The lowest BCUT2D eigenvalue weighted by Crippen LogP contribution is -1.93. The molecule has 0 unspecified atom stereocenters. The van der Waals surface area contributed by atoms with Gasteiger partial charge in [-0.1, -0.05) is 36.4 Å². The topological polar surface area (TPSA) is 39.2 Å². The molecule has 19 heavy (non-hydrogen) atoms. The standard InChI is InChI=1S/C16H11NO2/c18-11-13-7-4-10-17-16(13)19-15-9-3-6-12-5-1-2-8-14(12)15/h1-11H. The van der Waals surface area contributed by atoms with E-state index in [2.05, 4.69) is 4.98 Å². The highest BCUT2D eigenvalue weighted by Gasteiger charge is 2.07. The van der Waals surface area contributed by atoms with Gasteiger partial charge in [0.2, 0.25) is 5.88 Å². The Hall–Kier alpha value is -2.68. The zero-order valence-electron chi connectivity index (χ0n) is 10.1. The van der Waals surface area contributed by atoms with Crippen molar-refractivity contribution in [3.05, 3.63) is 66.4 Å². The van der Waals surface area contributed by atoms with Crippen LogP contribution in [0.25, 0.3) is 10.8 Å². The van der Waals surface area contributed by atoms with Gasteiger partial charge in [0.1, 0.15) is 5.75 Å². The molecule has 3 aromatic rings. The van der Waals surface area contributed by atoms with Gasteiger partial charge in [-0.3, -0.25) is 4.79 Å². The minimum absolute atomic E-state index is 0.328.